The molecular weight excluding hydrogens is 384 g/mol. The van der Waals surface area contributed by atoms with Crippen molar-refractivity contribution in [1.82, 2.24) is 9.21 Å². The van der Waals surface area contributed by atoms with E-state index < -0.39 is 10.0 Å². The largest absolute Gasteiger partial charge is 0.377 e. The summed E-state index contributed by atoms with van der Waals surface area (Å²) in [5.74, 6) is 0.855. The summed E-state index contributed by atoms with van der Waals surface area (Å²) in [6.45, 7) is 8.13. The van der Waals surface area contributed by atoms with E-state index in [4.69, 9.17) is 4.74 Å². The SMILES string of the molecule is COC(CCCC1CCN(C(C)C)CC1)c1ccc2c(c1)CCN(S(C)(=O)=O)C2. The molecule has 1 aromatic rings. The van der Waals surface area contributed by atoms with Gasteiger partial charge in [0.1, 0.15) is 0 Å². The highest BCUT2D eigenvalue weighted by Gasteiger charge is 2.24. The molecule has 0 aliphatic carbocycles. The fourth-order valence-corrected chi connectivity index (χ4v) is 5.60. The molecule has 5 nitrogen and oxygen atoms in total. The second-order valence-corrected chi connectivity index (χ2v) is 11.1. The highest BCUT2D eigenvalue weighted by atomic mass is 32.2. The lowest BCUT2D eigenvalue weighted by atomic mass is 9.89. The zero-order chi connectivity index (χ0) is 21.0. The number of ether oxygens (including phenoxy) is 1. The minimum absolute atomic E-state index is 0.129. The molecule has 1 atom stereocenters. The molecule has 2 aliphatic heterocycles. The van der Waals surface area contributed by atoms with Crippen molar-refractivity contribution in [3.05, 3.63) is 34.9 Å². The van der Waals surface area contributed by atoms with E-state index in [2.05, 4.69) is 36.9 Å². The van der Waals surface area contributed by atoms with Gasteiger partial charge in [-0.05, 0) is 75.2 Å². The van der Waals surface area contributed by atoms with Crippen LogP contribution in [0.4, 0.5) is 0 Å². The lowest BCUT2D eigenvalue weighted by Crippen LogP contribution is -2.38. The quantitative estimate of drug-likeness (QED) is 0.636. The molecule has 1 aromatic carbocycles. The van der Waals surface area contributed by atoms with Crippen LogP contribution in [0.15, 0.2) is 18.2 Å². The van der Waals surface area contributed by atoms with Gasteiger partial charge in [-0.1, -0.05) is 31.0 Å². The van der Waals surface area contributed by atoms with Crippen molar-refractivity contribution in [2.75, 3.05) is 33.0 Å². The average Bonchev–Trinajstić information content (AvgIpc) is 2.70. The molecule has 2 heterocycles. The van der Waals surface area contributed by atoms with E-state index in [0.29, 0.717) is 19.1 Å². The molecular formula is C23H38N2O3S. The van der Waals surface area contributed by atoms with E-state index in [1.165, 1.54) is 56.2 Å². The lowest BCUT2D eigenvalue weighted by molar-refractivity contribution is 0.0886. The standard InChI is InChI=1S/C23H38N2O3S/c1-18(2)24-13-10-19(11-14-24)6-5-7-23(28-3)21-8-9-22-17-25(29(4,26)27)15-12-20(22)16-21/h8-9,16,18-19,23H,5-7,10-15,17H2,1-4H3. The first-order valence-electron chi connectivity index (χ1n) is 11.1. The minimum atomic E-state index is -3.13. The van der Waals surface area contributed by atoms with Crippen molar-refractivity contribution in [3.8, 4) is 0 Å². The van der Waals surface area contributed by atoms with Crippen LogP contribution in [0.25, 0.3) is 0 Å². The molecule has 0 N–H and O–H groups in total. The van der Waals surface area contributed by atoms with E-state index in [1.807, 2.05) is 0 Å². The van der Waals surface area contributed by atoms with Gasteiger partial charge in [0.15, 0.2) is 0 Å². The van der Waals surface area contributed by atoms with Crippen molar-refractivity contribution in [3.63, 3.8) is 0 Å². The summed E-state index contributed by atoms with van der Waals surface area (Å²) >= 11 is 0. The van der Waals surface area contributed by atoms with Gasteiger partial charge in [-0.25, -0.2) is 8.42 Å². The Morgan fingerprint density at radius 3 is 2.48 bits per heavy atom. The zero-order valence-electron chi connectivity index (χ0n) is 18.6. The highest BCUT2D eigenvalue weighted by Crippen LogP contribution is 2.30. The van der Waals surface area contributed by atoms with Gasteiger partial charge in [0.2, 0.25) is 10.0 Å². The van der Waals surface area contributed by atoms with Crippen LogP contribution in [-0.2, 0) is 27.7 Å². The number of sulfonamides is 1. The molecule has 6 heteroatoms. The molecule has 1 unspecified atom stereocenters. The van der Waals surface area contributed by atoms with Crippen LogP contribution in [0.5, 0.6) is 0 Å². The fourth-order valence-electron chi connectivity index (χ4n) is 4.80. The van der Waals surface area contributed by atoms with Gasteiger partial charge >= 0.3 is 0 Å². The van der Waals surface area contributed by atoms with Crippen molar-refractivity contribution in [2.24, 2.45) is 5.92 Å². The highest BCUT2D eigenvalue weighted by molar-refractivity contribution is 7.88. The third kappa shape index (κ3) is 6.03. The Balaban J connectivity index is 1.52. The maximum absolute atomic E-state index is 11.8. The first-order valence-corrected chi connectivity index (χ1v) is 13.0. The van der Waals surface area contributed by atoms with Crippen LogP contribution in [0.2, 0.25) is 0 Å². The molecule has 0 radical (unpaired) electrons. The van der Waals surface area contributed by atoms with Crippen LogP contribution in [-0.4, -0.2) is 56.7 Å². The zero-order valence-corrected chi connectivity index (χ0v) is 19.4. The number of benzene rings is 1. The Kier molecular flexibility index (Phi) is 7.76. The molecule has 0 aromatic heterocycles. The number of piperidine rings is 1. The molecule has 0 bridgehead atoms. The molecule has 1 fully saturated rings. The third-order valence-electron chi connectivity index (χ3n) is 6.79. The summed E-state index contributed by atoms with van der Waals surface area (Å²) in [6, 6.07) is 7.13. The van der Waals surface area contributed by atoms with E-state index in [1.54, 1.807) is 11.4 Å². The first kappa shape index (κ1) is 22.7. The molecule has 0 spiro atoms. The Hall–Kier alpha value is -0.950. The summed E-state index contributed by atoms with van der Waals surface area (Å²) in [7, 11) is -1.32. The minimum Gasteiger partial charge on any atom is -0.377 e. The number of methoxy groups -OCH3 is 1. The van der Waals surface area contributed by atoms with Crippen LogP contribution in [0, 0.1) is 5.92 Å². The van der Waals surface area contributed by atoms with Crippen LogP contribution < -0.4 is 0 Å². The van der Waals surface area contributed by atoms with Crippen molar-refractivity contribution in [1.29, 1.82) is 0 Å². The fraction of sp³-hybridized carbons (Fsp3) is 0.739. The first-order chi connectivity index (χ1) is 13.8. The predicted octanol–water partition coefficient (Wildman–Crippen LogP) is 3.98. The van der Waals surface area contributed by atoms with Gasteiger partial charge < -0.3 is 9.64 Å². The van der Waals surface area contributed by atoms with Gasteiger partial charge in [-0.2, -0.15) is 4.31 Å². The van der Waals surface area contributed by atoms with Crippen molar-refractivity contribution < 1.29 is 13.2 Å². The Labute approximate surface area is 177 Å². The number of nitrogens with zero attached hydrogens (tertiary/aromatic N) is 2. The number of hydrogen-bond acceptors (Lipinski definition) is 4. The topological polar surface area (TPSA) is 49.9 Å². The molecule has 0 saturated carbocycles. The third-order valence-corrected chi connectivity index (χ3v) is 8.04. The number of likely N-dealkylation sites (tertiary alicyclic amines) is 1. The van der Waals surface area contributed by atoms with E-state index >= 15 is 0 Å². The molecule has 164 valence electrons. The maximum Gasteiger partial charge on any atom is 0.211 e. The maximum atomic E-state index is 11.8. The van der Waals surface area contributed by atoms with E-state index in [-0.39, 0.29) is 6.10 Å². The van der Waals surface area contributed by atoms with Gasteiger partial charge in [0, 0.05) is 26.2 Å². The van der Waals surface area contributed by atoms with Crippen LogP contribution >= 0.6 is 0 Å². The molecule has 1 saturated heterocycles. The average molecular weight is 423 g/mol. The second-order valence-electron chi connectivity index (χ2n) is 9.10. The summed E-state index contributed by atoms with van der Waals surface area (Å²) in [6.07, 6.45) is 8.39. The number of rotatable bonds is 8. The van der Waals surface area contributed by atoms with Crippen molar-refractivity contribution in [2.45, 2.75) is 71.1 Å². The Bertz CT molecular complexity index is 770. The smallest absolute Gasteiger partial charge is 0.211 e. The molecule has 29 heavy (non-hydrogen) atoms. The summed E-state index contributed by atoms with van der Waals surface area (Å²) < 4.78 is 31.0. The Morgan fingerprint density at radius 1 is 1.14 bits per heavy atom. The van der Waals surface area contributed by atoms with Gasteiger partial charge in [0.25, 0.3) is 0 Å². The summed E-state index contributed by atoms with van der Waals surface area (Å²) in [5, 5.41) is 0. The van der Waals surface area contributed by atoms with Gasteiger partial charge in [-0.3, -0.25) is 0 Å². The molecule has 2 aliphatic rings. The van der Waals surface area contributed by atoms with Gasteiger partial charge in [-0.15, -0.1) is 0 Å². The van der Waals surface area contributed by atoms with Crippen molar-refractivity contribution >= 4 is 10.0 Å². The van der Waals surface area contributed by atoms with Crippen LogP contribution in [0.1, 0.15) is 68.7 Å². The molecule has 0 amide bonds. The van der Waals surface area contributed by atoms with E-state index in [0.717, 1.165) is 24.3 Å². The number of fused-ring (bicyclic) bond motifs is 1. The molecule has 3 rings (SSSR count). The predicted molar refractivity (Wildman–Crippen MR) is 118 cm³/mol. The monoisotopic (exact) mass is 422 g/mol. The summed E-state index contributed by atoms with van der Waals surface area (Å²) in [4.78, 5) is 2.59. The van der Waals surface area contributed by atoms with Crippen LogP contribution in [0.3, 0.4) is 0 Å². The Morgan fingerprint density at radius 2 is 1.86 bits per heavy atom. The van der Waals surface area contributed by atoms with Gasteiger partial charge in [0.05, 0.1) is 12.4 Å². The lowest BCUT2D eigenvalue weighted by Gasteiger charge is -2.34. The second kappa shape index (κ2) is 9.90. The number of hydrogen-bond donors (Lipinski definition) is 0. The summed E-state index contributed by atoms with van der Waals surface area (Å²) in [5.41, 5.74) is 3.62. The normalized spacial score (nSPS) is 20.7. The van der Waals surface area contributed by atoms with E-state index in [9.17, 15) is 8.42 Å².